The summed E-state index contributed by atoms with van der Waals surface area (Å²) in [5.41, 5.74) is 4.08. The summed E-state index contributed by atoms with van der Waals surface area (Å²) in [6.45, 7) is 1.18. The molecule has 0 fully saturated rings. The van der Waals surface area contributed by atoms with Gasteiger partial charge in [0, 0.05) is 42.7 Å². The highest BCUT2D eigenvalue weighted by Gasteiger charge is 2.12. The Kier molecular flexibility index (Phi) is 6.18. The van der Waals surface area contributed by atoms with Crippen LogP contribution in [0.15, 0.2) is 72.6 Å². The molecule has 0 aliphatic rings. The summed E-state index contributed by atoms with van der Waals surface area (Å²) in [7, 11) is 0. The lowest BCUT2D eigenvalue weighted by Crippen LogP contribution is -2.32. The number of amides is 2. The van der Waals surface area contributed by atoms with Gasteiger partial charge < -0.3 is 10.6 Å². The largest absolute Gasteiger partial charge is 0.343 e. The normalized spacial score (nSPS) is 10.5. The Morgan fingerprint density at radius 3 is 2.56 bits per heavy atom. The van der Waals surface area contributed by atoms with E-state index in [-0.39, 0.29) is 12.5 Å². The maximum atomic E-state index is 12.2. The van der Waals surface area contributed by atoms with Crippen LogP contribution in [0.4, 0.5) is 5.13 Å². The van der Waals surface area contributed by atoms with E-state index in [4.69, 9.17) is 0 Å². The van der Waals surface area contributed by atoms with Crippen molar-refractivity contribution in [1.29, 1.82) is 0 Å². The van der Waals surface area contributed by atoms with Crippen LogP contribution in [-0.2, 0) is 4.79 Å². The molecule has 32 heavy (non-hydrogen) atoms. The van der Waals surface area contributed by atoms with Gasteiger partial charge in [-0.15, -0.1) is 11.3 Å². The van der Waals surface area contributed by atoms with Crippen LogP contribution in [-0.4, -0.2) is 38.8 Å². The second-order valence-electron chi connectivity index (χ2n) is 6.91. The number of benzene rings is 1. The fourth-order valence-electron chi connectivity index (χ4n) is 3.02. The third-order valence-electron chi connectivity index (χ3n) is 4.65. The molecule has 0 bridgehead atoms. The second-order valence-corrected chi connectivity index (χ2v) is 7.77. The van der Waals surface area contributed by atoms with Crippen LogP contribution in [0.25, 0.3) is 22.4 Å². The molecular weight excluding hydrogens is 426 g/mol. The van der Waals surface area contributed by atoms with Gasteiger partial charge in [0.05, 0.1) is 17.8 Å². The van der Waals surface area contributed by atoms with Gasteiger partial charge in [0.25, 0.3) is 5.91 Å². The third kappa shape index (κ3) is 4.96. The zero-order valence-electron chi connectivity index (χ0n) is 17.1. The Labute approximate surface area is 188 Å². The van der Waals surface area contributed by atoms with Gasteiger partial charge in [0.1, 0.15) is 0 Å². The van der Waals surface area contributed by atoms with E-state index >= 15 is 0 Å². The molecule has 4 aromatic rings. The molecule has 0 radical (unpaired) electrons. The van der Waals surface area contributed by atoms with E-state index in [1.807, 2.05) is 41.8 Å². The average Bonchev–Trinajstić information content (AvgIpc) is 3.48. The summed E-state index contributed by atoms with van der Waals surface area (Å²) in [5, 5.41) is 7.53. The molecule has 0 saturated carbocycles. The van der Waals surface area contributed by atoms with E-state index in [2.05, 4.69) is 20.6 Å². The molecule has 0 saturated heterocycles. The molecule has 0 aliphatic heterocycles. The highest BCUT2D eigenvalue weighted by molar-refractivity contribution is 7.14. The Bertz CT molecular complexity index is 1280. The zero-order chi connectivity index (χ0) is 22.5. The van der Waals surface area contributed by atoms with Crippen molar-refractivity contribution in [3.8, 4) is 22.4 Å². The molecule has 1 aromatic carbocycles. The molecule has 9 heteroatoms. The fraction of sp³-hybridized carbons (Fsp3) is 0.0870. The standard InChI is InChI=1S/C23H19N5O3S/c1-15(29)28-10-7-19(13-28)22(31)25-12-21(30)27-23-26-20(14-32-23)18-4-2-3-17(11-18)16-5-8-24-9-6-16/h2-11,13-14H,12H2,1H3,(H,25,31)(H,26,27,30). The molecule has 8 nitrogen and oxygen atoms in total. The third-order valence-corrected chi connectivity index (χ3v) is 5.41. The summed E-state index contributed by atoms with van der Waals surface area (Å²) < 4.78 is 1.30. The minimum Gasteiger partial charge on any atom is -0.343 e. The van der Waals surface area contributed by atoms with Crippen LogP contribution in [0.3, 0.4) is 0 Å². The molecule has 0 unspecified atom stereocenters. The minimum absolute atomic E-state index is 0.201. The van der Waals surface area contributed by atoms with Gasteiger partial charge in [-0.1, -0.05) is 18.2 Å². The van der Waals surface area contributed by atoms with Crippen molar-refractivity contribution in [3.05, 3.63) is 78.2 Å². The molecule has 0 spiro atoms. The molecule has 4 rings (SSSR count). The van der Waals surface area contributed by atoms with Crippen molar-refractivity contribution in [2.45, 2.75) is 6.92 Å². The molecule has 2 amide bonds. The van der Waals surface area contributed by atoms with Gasteiger partial charge in [-0.25, -0.2) is 4.98 Å². The maximum absolute atomic E-state index is 12.2. The van der Waals surface area contributed by atoms with Gasteiger partial charge in [0.15, 0.2) is 5.13 Å². The fourth-order valence-corrected chi connectivity index (χ4v) is 3.75. The van der Waals surface area contributed by atoms with E-state index in [0.717, 1.165) is 22.4 Å². The van der Waals surface area contributed by atoms with E-state index < -0.39 is 11.8 Å². The van der Waals surface area contributed by atoms with Crippen molar-refractivity contribution in [2.24, 2.45) is 0 Å². The summed E-state index contributed by atoms with van der Waals surface area (Å²) in [6, 6.07) is 13.4. The lowest BCUT2D eigenvalue weighted by Gasteiger charge is -2.04. The Hall–Kier alpha value is -4.11. The Morgan fingerprint density at radius 2 is 1.81 bits per heavy atom. The van der Waals surface area contributed by atoms with Crippen molar-refractivity contribution in [2.75, 3.05) is 11.9 Å². The first-order valence-corrected chi connectivity index (χ1v) is 10.6. The van der Waals surface area contributed by atoms with Gasteiger partial charge in [-0.3, -0.25) is 23.9 Å². The monoisotopic (exact) mass is 445 g/mol. The second kappa shape index (κ2) is 9.36. The Balaban J connectivity index is 1.36. The van der Waals surface area contributed by atoms with Gasteiger partial charge in [0.2, 0.25) is 11.8 Å². The molecule has 0 aliphatic carbocycles. The predicted octanol–water partition coefficient (Wildman–Crippen LogP) is 3.70. The number of hydrogen-bond donors (Lipinski definition) is 2. The number of pyridine rings is 1. The van der Waals surface area contributed by atoms with Crippen LogP contribution < -0.4 is 10.6 Å². The summed E-state index contributed by atoms with van der Waals surface area (Å²) in [6.07, 6.45) is 6.41. The first-order chi connectivity index (χ1) is 15.5. The van der Waals surface area contributed by atoms with Crippen LogP contribution in [0.1, 0.15) is 22.1 Å². The predicted molar refractivity (Wildman–Crippen MR) is 122 cm³/mol. The number of carbonyl (C=O) groups excluding carboxylic acids is 3. The number of thiazole rings is 1. The first kappa shape index (κ1) is 21.1. The molecule has 2 N–H and O–H groups in total. The lowest BCUT2D eigenvalue weighted by molar-refractivity contribution is -0.115. The number of hydrogen-bond acceptors (Lipinski definition) is 6. The van der Waals surface area contributed by atoms with Crippen molar-refractivity contribution < 1.29 is 14.4 Å². The van der Waals surface area contributed by atoms with Gasteiger partial charge >= 0.3 is 0 Å². The first-order valence-electron chi connectivity index (χ1n) is 9.73. The van der Waals surface area contributed by atoms with Crippen LogP contribution >= 0.6 is 11.3 Å². The smallest absolute Gasteiger partial charge is 0.253 e. The molecule has 3 heterocycles. The quantitative estimate of drug-likeness (QED) is 0.471. The summed E-state index contributed by atoms with van der Waals surface area (Å²) in [5.74, 6) is -1.03. The topological polar surface area (TPSA) is 106 Å². The Morgan fingerprint density at radius 1 is 1.03 bits per heavy atom. The van der Waals surface area contributed by atoms with Crippen LogP contribution in [0, 0.1) is 0 Å². The van der Waals surface area contributed by atoms with Crippen LogP contribution in [0.5, 0.6) is 0 Å². The zero-order valence-corrected chi connectivity index (χ0v) is 17.9. The highest BCUT2D eigenvalue weighted by Crippen LogP contribution is 2.28. The van der Waals surface area contributed by atoms with Crippen molar-refractivity contribution in [3.63, 3.8) is 0 Å². The number of aromatic nitrogens is 3. The average molecular weight is 446 g/mol. The molecule has 160 valence electrons. The van der Waals surface area contributed by atoms with Crippen molar-refractivity contribution >= 4 is 34.2 Å². The number of carbonyl (C=O) groups is 3. The summed E-state index contributed by atoms with van der Waals surface area (Å²) >= 11 is 1.30. The SMILES string of the molecule is CC(=O)n1ccc(C(=O)NCC(=O)Nc2nc(-c3cccc(-c4ccncc4)c3)cs2)c1. The molecular formula is C23H19N5O3S. The summed E-state index contributed by atoms with van der Waals surface area (Å²) in [4.78, 5) is 44.2. The van der Waals surface area contributed by atoms with Crippen molar-refractivity contribution in [1.82, 2.24) is 19.9 Å². The number of anilines is 1. The minimum atomic E-state index is -0.437. The maximum Gasteiger partial charge on any atom is 0.253 e. The van der Waals surface area contributed by atoms with E-state index in [1.165, 1.54) is 41.3 Å². The van der Waals surface area contributed by atoms with E-state index in [0.29, 0.717) is 10.7 Å². The van der Waals surface area contributed by atoms with Gasteiger partial charge in [-0.2, -0.15) is 0 Å². The number of rotatable bonds is 6. The van der Waals surface area contributed by atoms with Gasteiger partial charge in [-0.05, 0) is 35.4 Å². The number of nitrogens with zero attached hydrogens (tertiary/aromatic N) is 3. The van der Waals surface area contributed by atoms with Crippen LogP contribution in [0.2, 0.25) is 0 Å². The number of nitrogens with one attached hydrogen (secondary N) is 2. The van der Waals surface area contributed by atoms with E-state index in [9.17, 15) is 14.4 Å². The molecule has 3 aromatic heterocycles. The highest BCUT2D eigenvalue weighted by atomic mass is 32.1. The van der Waals surface area contributed by atoms with E-state index in [1.54, 1.807) is 12.4 Å². The lowest BCUT2D eigenvalue weighted by atomic mass is 10.0. The molecule has 0 atom stereocenters.